The third kappa shape index (κ3) is 5.39. The second-order valence-corrected chi connectivity index (χ2v) is 7.36. The van der Waals surface area contributed by atoms with E-state index in [0.29, 0.717) is 5.82 Å². The number of hydrogen-bond acceptors (Lipinski definition) is 5. The highest BCUT2D eigenvalue weighted by Gasteiger charge is 2.19. The predicted molar refractivity (Wildman–Crippen MR) is 115 cm³/mol. The Morgan fingerprint density at radius 2 is 1.67 bits per heavy atom. The molecule has 1 fully saturated rings. The molecule has 1 N–H and O–H groups in total. The van der Waals surface area contributed by atoms with Crippen LogP contribution in [0.25, 0.3) is 0 Å². The van der Waals surface area contributed by atoms with Gasteiger partial charge in [0.1, 0.15) is 23.8 Å². The molecule has 0 aliphatic carbocycles. The Labute approximate surface area is 175 Å². The zero-order valence-corrected chi connectivity index (χ0v) is 16.7. The standard InChI is InChI=1S/C23H24FN5O/c24-20-8-6-18(7-9-20)14-23(30)27-21-15-22(26-17-25-21)29-12-10-28(11-13-29)16-19-4-2-1-3-5-19/h1-9,15,17H,10-14,16H2,(H,25,26,27,30). The maximum Gasteiger partial charge on any atom is 0.229 e. The number of hydrogen-bond donors (Lipinski definition) is 1. The fourth-order valence-corrected chi connectivity index (χ4v) is 3.54. The molecule has 1 aliphatic rings. The minimum Gasteiger partial charge on any atom is -0.354 e. The van der Waals surface area contributed by atoms with E-state index < -0.39 is 0 Å². The molecule has 0 spiro atoms. The van der Waals surface area contributed by atoms with Crippen LogP contribution in [-0.4, -0.2) is 47.0 Å². The molecular formula is C23H24FN5O. The number of nitrogens with one attached hydrogen (secondary N) is 1. The van der Waals surface area contributed by atoms with Crippen LogP contribution >= 0.6 is 0 Å². The summed E-state index contributed by atoms with van der Waals surface area (Å²) in [5.41, 5.74) is 2.07. The molecule has 1 aliphatic heterocycles. The topological polar surface area (TPSA) is 61.4 Å². The van der Waals surface area contributed by atoms with Gasteiger partial charge in [-0.15, -0.1) is 0 Å². The van der Waals surface area contributed by atoms with Crippen molar-refractivity contribution in [1.82, 2.24) is 14.9 Å². The number of amides is 1. The quantitative estimate of drug-likeness (QED) is 0.683. The largest absolute Gasteiger partial charge is 0.354 e. The van der Waals surface area contributed by atoms with Crippen molar-refractivity contribution in [2.75, 3.05) is 36.4 Å². The van der Waals surface area contributed by atoms with Crippen molar-refractivity contribution in [3.8, 4) is 0 Å². The zero-order chi connectivity index (χ0) is 20.8. The van der Waals surface area contributed by atoms with Crippen LogP contribution < -0.4 is 10.2 Å². The summed E-state index contributed by atoms with van der Waals surface area (Å²) in [5, 5.41) is 2.81. The summed E-state index contributed by atoms with van der Waals surface area (Å²) in [6.45, 7) is 4.58. The van der Waals surface area contributed by atoms with Gasteiger partial charge in [0.2, 0.25) is 5.91 Å². The normalized spacial score (nSPS) is 14.5. The number of halogens is 1. The van der Waals surface area contributed by atoms with Crippen molar-refractivity contribution in [2.45, 2.75) is 13.0 Å². The molecule has 2 heterocycles. The fraction of sp³-hybridized carbons (Fsp3) is 0.261. The van der Waals surface area contributed by atoms with Crippen molar-refractivity contribution < 1.29 is 9.18 Å². The van der Waals surface area contributed by atoms with E-state index >= 15 is 0 Å². The highest BCUT2D eigenvalue weighted by Crippen LogP contribution is 2.17. The number of anilines is 2. The van der Waals surface area contributed by atoms with Crippen LogP contribution in [0, 0.1) is 5.82 Å². The Morgan fingerprint density at radius 1 is 0.933 bits per heavy atom. The van der Waals surface area contributed by atoms with Gasteiger partial charge in [-0.1, -0.05) is 42.5 Å². The van der Waals surface area contributed by atoms with Gasteiger partial charge < -0.3 is 10.2 Å². The van der Waals surface area contributed by atoms with Crippen molar-refractivity contribution in [3.05, 3.63) is 83.9 Å². The highest BCUT2D eigenvalue weighted by atomic mass is 19.1. The first-order valence-corrected chi connectivity index (χ1v) is 10.0. The van der Waals surface area contributed by atoms with Gasteiger partial charge in [-0.2, -0.15) is 0 Å². The Kier molecular flexibility index (Phi) is 6.29. The first-order chi connectivity index (χ1) is 14.7. The van der Waals surface area contributed by atoms with Crippen LogP contribution in [-0.2, 0) is 17.8 Å². The third-order valence-corrected chi connectivity index (χ3v) is 5.14. The van der Waals surface area contributed by atoms with Gasteiger partial charge in [-0.05, 0) is 23.3 Å². The number of benzene rings is 2. The number of nitrogens with zero attached hydrogens (tertiary/aromatic N) is 4. The maximum absolute atomic E-state index is 13.0. The average molecular weight is 405 g/mol. The van der Waals surface area contributed by atoms with E-state index in [1.807, 2.05) is 6.07 Å². The zero-order valence-electron chi connectivity index (χ0n) is 16.7. The lowest BCUT2D eigenvalue weighted by Crippen LogP contribution is -2.46. The van der Waals surface area contributed by atoms with Crippen LogP contribution in [0.3, 0.4) is 0 Å². The van der Waals surface area contributed by atoms with Crippen LogP contribution in [0.4, 0.5) is 16.0 Å². The number of piperazine rings is 1. The second-order valence-electron chi connectivity index (χ2n) is 7.36. The van der Waals surface area contributed by atoms with Crippen LogP contribution in [0.1, 0.15) is 11.1 Å². The number of rotatable bonds is 6. The SMILES string of the molecule is O=C(Cc1ccc(F)cc1)Nc1cc(N2CCN(Cc3ccccc3)CC2)ncn1. The summed E-state index contributed by atoms with van der Waals surface area (Å²) in [5.74, 6) is 0.766. The summed E-state index contributed by atoms with van der Waals surface area (Å²) >= 11 is 0. The number of aromatic nitrogens is 2. The van der Waals surface area contributed by atoms with E-state index in [1.54, 1.807) is 18.2 Å². The summed E-state index contributed by atoms with van der Waals surface area (Å²) in [6, 6.07) is 18.2. The molecule has 0 radical (unpaired) electrons. The Hall–Kier alpha value is -3.32. The Morgan fingerprint density at radius 3 is 2.40 bits per heavy atom. The fourth-order valence-electron chi connectivity index (χ4n) is 3.54. The van der Waals surface area contributed by atoms with E-state index in [9.17, 15) is 9.18 Å². The van der Waals surface area contributed by atoms with Gasteiger partial charge in [0, 0.05) is 38.8 Å². The molecule has 2 aromatic carbocycles. The van der Waals surface area contributed by atoms with E-state index in [1.165, 1.54) is 24.0 Å². The van der Waals surface area contributed by atoms with Gasteiger partial charge in [-0.3, -0.25) is 9.69 Å². The molecule has 0 unspecified atom stereocenters. The van der Waals surface area contributed by atoms with Gasteiger partial charge >= 0.3 is 0 Å². The summed E-state index contributed by atoms with van der Waals surface area (Å²) in [4.78, 5) is 25.5. The minimum absolute atomic E-state index is 0.164. The first-order valence-electron chi connectivity index (χ1n) is 10.0. The average Bonchev–Trinajstić information content (AvgIpc) is 2.77. The molecule has 154 valence electrons. The van der Waals surface area contributed by atoms with Crippen molar-refractivity contribution in [1.29, 1.82) is 0 Å². The smallest absolute Gasteiger partial charge is 0.229 e. The molecular weight excluding hydrogens is 381 g/mol. The van der Waals surface area contributed by atoms with Gasteiger partial charge in [0.25, 0.3) is 0 Å². The van der Waals surface area contributed by atoms with E-state index in [4.69, 9.17) is 0 Å². The molecule has 1 aromatic heterocycles. The van der Waals surface area contributed by atoms with Crippen LogP contribution in [0.5, 0.6) is 0 Å². The van der Waals surface area contributed by atoms with Crippen LogP contribution in [0.2, 0.25) is 0 Å². The third-order valence-electron chi connectivity index (χ3n) is 5.14. The summed E-state index contributed by atoms with van der Waals surface area (Å²) in [6.07, 6.45) is 1.64. The van der Waals surface area contributed by atoms with Crippen molar-refractivity contribution in [2.24, 2.45) is 0 Å². The Balaban J connectivity index is 1.31. The van der Waals surface area contributed by atoms with Crippen LogP contribution in [0.15, 0.2) is 67.0 Å². The minimum atomic E-state index is -0.316. The second kappa shape index (κ2) is 9.45. The lowest BCUT2D eigenvalue weighted by atomic mass is 10.1. The molecule has 0 saturated carbocycles. The molecule has 0 atom stereocenters. The first kappa shape index (κ1) is 20.0. The van der Waals surface area contributed by atoms with Crippen molar-refractivity contribution in [3.63, 3.8) is 0 Å². The Bertz CT molecular complexity index is 972. The molecule has 0 bridgehead atoms. The molecule has 6 nitrogen and oxygen atoms in total. The predicted octanol–water partition coefficient (Wildman–Crippen LogP) is 3.12. The lowest BCUT2D eigenvalue weighted by molar-refractivity contribution is -0.115. The molecule has 7 heteroatoms. The van der Waals surface area contributed by atoms with Gasteiger partial charge in [0.15, 0.2) is 0 Å². The summed E-state index contributed by atoms with van der Waals surface area (Å²) in [7, 11) is 0. The molecule has 1 saturated heterocycles. The number of carbonyl (C=O) groups excluding carboxylic acids is 1. The van der Waals surface area contributed by atoms with Crippen molar-refractivity contribution >= 4 is 17.5 Å². The van der Waals surface area contributed by atoms with E-state index in [2.05, 4.69) is 49.4 Å². The lowest BCUT2D eigenvalue weighted by Gasteiger charge is -2.35. The van der Waals surface area contributed by atoms with E-state index in [0.717, 1.165) is 44.1 Å². The molecule has 30 heavy (non-hydrogen) atoms. The molecule has 3 aromatic rings. The van der Waals surface area contributed by atoms with Gasteiger partial charge in [0.05, 0.1) is 6.42 Å². The maximum atomic E-state index is 13.0. The van der Waals surface area contributed by atoms with Gasteiger partial charge in [-0.25, -0.2) is 14.4 Å². The summed E-state index contributed by atoms with van der Waals surface area (Å²) < 4.78 is 13.0. The monoisotopic (exact) mass is 405 g/mol. The number of carbonyl (C=O) groups is 1. The highest BCUT2D eigenvalue weighted by molar-refractivity contribution is 5.91. The van der Waals surface area contributed by atoms with E-state index in [-0.39, 0.29) is 18.1 Å². The molecule has 4 rings (SSSR count). The molecule has 1 amide bonds.